The SMILES string of the molecule is CC.CN[C@H]1CCN(C(=O)C23CC(C)(C2)C3)C1. The van der Waals surface area contributed by atoms with Gasteiger partial charge in [-0.15, -0.1) is 0 Å². The molecule has 2 bridgehead atoms. The van der Waals surface area contributed by atoms with Crippen LogP contribution in [0.3, 0.4) is 0 Å². The zero-order valence-electron chi connectivity index (χ0n) is 11.7. The maximum Gasteiger partial charge on any atom is 0.228 e. The molecule has 1 heterocycles. The lowest BCUT2D eigenvalue weighted by molar-refractivity contribution is -0.208. The highest BCUT2D eigenvalue weighted by molar-refractivity contribution is 5.86. The number of likely N-dealkylation sites (N-methyl/N-ethyl adjacent to an activating group) is 1. The molecule has 1 amide bonds. The third-order valence-electron chi connectivity index (χ3n) is 4.63. The second-order valence-electron chi connectivity index (χ2n) is 6.15. The summed E-state index contributed by atoms with van der Waals surface area (Å²) < 4.78 is 0. The van der Waals surface area contributed by atoms with E-state index in [0.717, 1.165) is 38.8 Å². The van der Waals surface area contributed by atoms with Crippen molar-refractivity contribution in [2.24, 2.45) is 10.8 Å². The Morgan fingerprint density at radius 2 is 1.88 bits per heavy atom. The molecule has 0 aromatic rings. The summed E-state index contributed by atoms with van der Waals surface area (Å²) in [5, 5.41) is 3.26. The van der Waals surface area contributed by atoms with Crippen molar-refractivity contribution in [2.75, 3.05) is 20.1 Å². The van der Waals surface area contributed by atoms with Crippen LogP contribution in [-0.2, 0) is 4.79 Å². The molecular formula is C14H26N2O. The van der Waals surface area contributed by atoms with Gasteiger partial charge in [0.2, 0.25) is 5.91 Å². The second kappa shape index (κ2) is 4.27. The summed E-state index contributed by atoms with van der Waals surface area (Å²) in [6.07, 6.45) is 4.58. The summed E-state index contributed by atoms with van der Waals surface area (Å²) in [7, 11) is 1.99. The molecule has 1 N–H and O–H groups in total. The molecule has 3 nitrogen and oxygen atoms in total. The Kier molecular flexibility index (Phi) is 3.23. The number of hydrogen-bond donors (Lipinski definition) is 1. The molecule has 1 saturated heterocycles. The fraction of sp³-hybridized carbons (Fsp3) is 0.929. The van der Waals surface area contributed by atoms with Gasteiger partial charge < -0.3 is 10.2 Å². The smallest absolute Gasteiger partial charge is 0.228 e. The third-order valence-corrected chi connectivity index (χ3v) is 4.63. The van der Waals surface area contributed by atoms with Crippen LogP contribution in [0.2, 0.25) is 0 Å². The number of nitrogens with one attached hydrogen (secondary N) is 1. The van der Waals surface area contributed by atoms with Crippen molar-refractivity contribution in [3.63, 3.8) is 0 Å². The van der Waals surface area contributed by atoms with Crippen LogP contribution in [0, 0.1) is 10.8 Å². The predicted octanol–water partition coefficient (Wildman–Crippen LogP) is 2.02. The van der Waals surface area contributed by atoms with E-state index in [1.807, 2.05) is 20.9 Å². The van der Waals surface area contributed by atoms with Crippen molar-refractivity contribution in [1.29, 1.82) is 0 Å². The number of amides is 1. The van der Waals surface area contributed by atoms with Gasteiger partial charge in [-0.3, -0.25) is 4.79 Å². The van der Waals surface area contributed by atoms with Gasteiger partial charge in [0.15, 0.2) is 0 Å². The van der Waals surface area contributed by atoms with Crippen LogP contribution in [0.4, 0.5) is 0 Å². The zero-order valence-corrected chi connectivity index (χ0v) is 11.7. The first kappa shape index (κ1) is 12.9. The number of nitrogens with zero attached hydrogens (tertiary/aromatic N) is 1. The first-order valence-corrected chi connectivity index (χ1v) is 7.04. The molecule has 0 radical (unpaired) electrons. The summed E-state index contributed by atoms with van der Waals surface area (Å²) in [6.45, 7) is 8.19. The van der Waals surface area contributed by atoms with Gasteiger partial charge in [-0.2, -0.15) is 0 Å². The molecule has 0 aromatic heterocycles. The Morgan fingerprint density at radius 1 is 1.29 bits per heavy atom. The largest absolute Gasteiger partial charge is 0.341 e. The van der Waals surface area contributed by atoms with E-state index in [-0.39, 0.29) is 5.41 Å². The van der Waals surface area contributed by atoms with Crippen LogP contribution in [0.15, 0.2) is 0 Å². The minimum atomic E-state index is 0.0946. The fourth-order valence-electron chi connectivity index (χ4n) is 4.04. The highest BCUT2D eigenvalue weighted by Gasteiger charge is 2.69. The van der Waals surface area contributed by atoms with Gasteiger partial charge in [0.05, 0.1) is 5.41 Å². The molecule has 3 aliphatic carbocycles. The van der Waals surface area contributed by atoms with E-state index in [2.05, 4.69) is 17.1 Å². The van der Waals surface area contributed by atoms with Gasteiger partial charge in [0, 0.05) is 19.1 Å². The van der Waals surface area contributed by atoms with E-state index >= 15 is 0 Å². The van der Waals surface area contributed by atoms with Crippen LogP contribution in [-0.4, -0.2) is 37.0 Å². The lowest BCUT2D eigenvalue weighted by Crippen LogP contribution is -2.66. The molecule has 0 unspecified atom stereocenters. The van der Waals surface area contributed by atoms with Crippen molar-refractivity contribution >= 4 is 5.91 Å². The highest BCUT2D eigenvalue weighted by Crippen LogP contribution is 2.73. The van der Waals surface area contributed by atoms with Crippen molar-refractivity contribution in [1.82, 2.24) is 10.2 Å². The average molecular weight is 238 g/mol. The van der Waals surface area contributed by atoms with Gasteiger partial charge in [0.1, 0.15) is 0 Å². The zero-order chi connectivity index (χ0) is 12.7. The van der Waals surface area contributed by atoms with Gasteiger partial charge in [-0.05, 0) is 38.1 Å². The lowest BCUT2D eigenvalue weighted by atomic mass is 9.35. The maximum absolute atomic E-state index is 12.3. The van der Waals surface area contributed by atoms with E-state index in [9.17, 15) is 4.79 Å². The molecule has 3 heteroatoms. The molecule has 17 heavy (non-hydrogen) atoms. The standard InChI is InChI=1S/C12H20N2O.C2H6/c1-11-6-12(7-11,8-11)10(15)14-4-3-9(5-14)13-2;1-2/h9,13H,3-8H2,1-2H3;1-2H3/t9-,11?,12?;/m0./s1. The van der Waals surface area contributed by atoms with Gasteiger partial charge >= 0.3 is 0 Å². The van der Waals surface area contributed by atoms with E-state index in [4.69, 9.17) is 0 Å². The summed E-state index contributed by atoms with van der Waals surface area (Å²) in [5.74, 6) is 0.448. The normalized spacial score (nSPS) is 42.1. The molecule has 0 spiro atoms. The monoisotopic (exact) mass is 238 g/mol. The minimum absolute atomic E-state index is 0.0946. The second-order valence-corrected chi connectivity index (χ2v) is 6.15. The van der Waals surface area contributed by atoms with Crippen LogP contribution in [0.1, 0.15) is 46.5 Å². The number of likely N-dealkylation sites (tertiary alicyclic amines) is 1. The van der Waals surface area contributed by atoms with Crippen LogP contribution >= 0.6 is 0 Å². The van der Waals surface area contributed by atoms with Gasteiger partial charge in [-0.25, -0.2) is 0 Å². The van der Waals surface area contributed by atoms with Crippen molar-refractivity contribution < 1.29 is 4.79 Å². The third kappa shape index (κ3) is 1.88. The first-order valence-electron chi connectivity index (χ1n) is 7.04. The average Bonchev–Trinajstić information content (AvgIpc) is 2.74. The molecule has 4 rings (SSSR count). The quantitative estimate of drug-likeness (QED) is 0.798. The molecule has 3 saturated carbocycles. The summed E-state index contributed by atoms with van der Waals surface area (Å²) in [4.78, 5) is 14.4. The Morgan fingerprint density at radius 3 is 2.29 bits per heavy atom. The number of hydrogen-bond acceptors (Lipinski definition) is 2. The van der Waals surface area contributed by atoms with E-state index < -0.39 is 0 Å². The van der Waals surface area contributed by atoms with Crippen molar-refractivity contribution in [2.45, 2.75) is 52.5 Å². The first-order chi connectivity index (χ1) is 8.07. The number of carbonyl (C=O) groups is 1. The van der Waals surface area contributed by atoms with E-state index in [1.54, 1.807) is 0 Å². The Hall–Kier alpha value is -0.570. The highest BCUT2D eigenvalue weighted by atomic mass is 16.2. The van der Waals surface area contributed by atoms with Gasteiger partial charge in [0.25, 0.3) is 0 Å². The van der Waals surface area contributed by atoms with Crippen molar-refractivity contribution in [3.05, 3.63) is 0 Å². The Labute approximate surface area is 105 Å². The van der Waals surface area contributed by atoms with E-state index in [0.29, 0.717) is 17.4 Å². The Bertz CT molecular complexity index is 294. The Balaban J connectivity index is 0.000000514. The van der Waals surface area contributed by atoms with Crippen LogP contribution < -0.4 is 5.32 Å². The summed E-state index contributed by atoms with van der Waals surface area (Å²) >= 11 is 0. The number of rotatable bonds is 2. The van der Waals surface area contributed by atoms with E-state index in [1.165, 1.54) is 0 Å². The minimum Gasteiger partial charge on any atom is -0.341 e. The number of carbonyl (C=O) groups excluding carboxylic acids is 1. The maximum atomic E-state index is 12.3. The molecule has 1 atom stereocenters. The molecule has 1 aliphatic heterocycles. The predicted molar refractivity (Wildman–Crippen MR) is 69.8 cm³/mol. The molecule has 0 aromatic carbocycles. The van der Waals surface area contributed by atoms with Crippen molar-refractivity contribution in [3.8, 4) is 0 Å². The molecular weight excluding hydrogens is 212 g/mol. The lowest BCUT2D eigenvalue weighted by Gasteiger charge is -2.68. The topological polar surface area (TPSA) is 32.3 Å². The van der Waals surface area contributed by atoms with Crippen LogP contribution in [0.25, 0.3) is 0 Å². The fourth-order valence-corrected chi connectivity index (χ4v) is 4.04. The summed E-state index contributed by atoms with van der Waals surface area (Å²) in [6, 6.07) is 0.525. The summed E-state index contributed by atoms with van der Waals surface area (Å²) in [5.41, 5.74) is 0.634. The molecule has 4 aliphatic rings. The molecule has 98 valence electrons. The van der Waals surface area contributed by atoms with Crippen LogP contribution in [0.5, 0.6) is 0 Å². The molecule has 4 fully saturated rings. The van der Waals surface area contributed by atoms with Gasteiger partial charge in [-0.1, -0.05) is 20.8 Å².